The second-order valence-corrected chi connectivity index (χ2v) is 5.07. The second kappa shape index (κ2) is 6.80. The first-order valence-electron chi connectivity index (χ1n) is 5.94. The van der Waals surface area contributed by atoms with E-state index in [0.29, 0.717) is 23.2 Å². The van der Waals surface area contributed by atoms with Crippen LogP contribution in [0.1, 0.15) is 11.1 Å². The third kappa shape index (κ3) is 4.13. The Morgan fingerprint density at radius 3 is 2.74 bits per heavy atom. The molecule has 0 radical (unpaired) electrons. The first kappa shape index (κ1) is 14.2. The maximum Gasteiger partial charge on any atom is 0.0713 e. The van der Waals surface area contributed by atoms with Crippen LogP contribution in [0.3, 0.4) is 0 Å². The fraction of sp³-hybridized carbons (Fsp3) is 0.200. The maximum absolute atomic E-state index is 6.12. The van der Waals surface area contributed by atoms with Crippen LogP contribution in [-0.2, 0) is 17.9 Å². The molecule has 100 valence electrons. The van der Waals surface area contributed by atoms with Crippen molar-refractivity contribution < 1.29 is 4.74 Å². The highest BCUT2D eigenvalue weighted by Gasteiger charge is 2.02. The molecule has 0 spiro atoms. The third-order valence-electron chi connectivity index (χ3n) is 2.73. The molecule has 0 amide bonds. The molecule has 0 saturated heterocycles. The van der Waals surface area contributed by atoms with Crippen molar-refractivity contribution in [2.24, 2.45) is 0 Å². The standard InChI is InChI=1S/C15H15Cl2NO/c1-19-10-11-3-2-4-14(7-11)18-9-12-8-13(16)5-6-15(12)17/h2-8,18H,9-10H2,1H3. The van der Waals surface area contributed by atoms with Crippen LogP contribution in [0.4, 0.5) is 5.69 Å². The van der Waals surface area contributed by atoms with Gasteiger partial charge in [-0.25, -0.2) is 0 Å². The summed E-state index contributed by atoms with van der Waals surface area (Å²) in [7, 11) is 1.69. The first-order valence-corrected chi connectivity index (χ1v) is 6.70. The summed E-state index contributed by atoms with van der Waals surface area (Å²) in [5.41, 5.74) is 3.14. The molecule has 2 aromatic carbocycles. The van der Waals surface area contributed by atoms with Gasteiger partial charge in [-0.15, -0.1) is 0 Å². The summed E-state index contributed by atoms with van der Waals surface area (Å²) >= 11 is 12.1. The Morgan fingerprint density at radius 1 is 1.11 bits per heavy atom. The Morgan fingerprint density at radius 2 is 1.95 bits per heavy atom. The summed E-state index contributed by atoms with van der Waals surface area (Å²) in [4.78, 5) is 0. The fourth-order valence-electron chi connectivity index (χ4n) is 1.81. The zero-order chi connectivity index (χ0) is 13.7. The Kier molecular flexibility index (Phi) is 5.08. The molecule has 0 aliphatic rings. The Hall–Kier alpha value is -1.22. The van der Waals surface area contributed by atoms with E-state index in [9.17, 15) is 0 Å². The number of hydrogen-bond donors (Lipinski definition) is 1. The van der Waals surface area contributed by atoms with Crippen LogP contribution in [0.25, 0.3) is 0 Å². The molecule has 0 aliphatic heterocycles. The zero-order valence-electron chi connectivity index (χ0n) is 10.6. The third-order valence-corrected chi connectivity index (χ3v) is 3.33. The van der Waals surface area contributed by atoms with Crippen molar-refractivity contribution in [2.75, 3.05) is 12.4 Å². The molecular formula is C15H15Cl2NO. The minimum absolute atomic E-state index is 0.605. The van der Waals surface area contributed by atoms with Gasteiger partial charge in [-0.05, 0) is 41.5 Å². The van der Waals surface area contributed by atoms with E-state index in [1.165, 1.54) is 0 Å². The molecular weight excluding hydrogens is 281 g/mol. The molecule has 0 fully saturated rings. The normalized spacial score (nSPS) is 10.5. The van der Waals surface area contributed by atoms with Crippen LogP contribution in [0.5, 0.6) is 0 Å². The predicted molar refractivity (Wildman–Crippen MR) is 80.9 cm³/mol. The molecule has 0 bridgehead atoms. The van der Waals surface area contributed by atoms with Crippen LogP contribution in [0.2, 0.25) is 10.0 Å². The maximum atomic E-state index is 6.12. The number of ether oxygens (including phenoxy) is 1. The van der Waals surface area contributed by atoms with Gasteiger partial charge in [0.05, 0.1) is 6.61 Å². The minimum Gasteiger partial charge on any atom is -0.381 e. The number of benzene rings is 2. The van der Waals surface area contributed by atoms with Gasteiger partial charge < -0.3 is 10.1 Å². The molecule has 2 nitrogen and oxygen atoms in total. The molecule has 2 aromatic rings. The van der Waals surface area contributed by atoms with E-state index in [1.807, 2.05) is 30.3 Å². The summed E-state index contributed by atoms with van der Waals surface area (Å²) in [6.45, 7) is 1.24. The van der Waals surface area contributed by atoms with Crippen molar-refractivity contribution in [3.63, 3.8) is 0 Å². The summed E-state index contributed by atoms with van der Waals surface area (Å²) in [6.07, 6.45) is 0. The highest BCUT2D eigenvalue weighted by molar-refractivity contribution is 6.33. The number of anilines is 1. The van der Waals surface area contributed by atoms with Crippen LogP contribution in [-0.4, -0.2) is 7.11 Å². The Labute approximate surface area is 123 Å². The fourth-order valence-corrected chi connectivity index (χ4v) is 2.19. The monoisotopic (exact) mass is 295 g/mol. The summed E-state index contributed by atoms with van der Waals surface area (Å²) in [6, 6.07) is 13.6. The Balaban J connectivity index is 2.05. The van der Waals surface area contributed by atoms with E-state index in [0.717, 1.165) is 16.8 Å². The van der Waals surface area contributed by atoms with Crippen molar-refractivity contribution in [1.29, 1.82) is 0 Å². The van der Waals surface area contributed by atoms with Gasteiger partial charge in [0.25, 0.3) is 0 Å². The Bertz CT molecular complexity index is 558. The lowest BCUT2D eigenvalue weighted by Gasteiger charge is -2.10. The van der Waals surface area contributed by atoms with Gasteiger partial charge in [-0.2, -0.15) is 0 Å². The molecule has 19 heavy (non-hydrogen) atoms. The van der Waals surface area contributed by atoms with E-state index in [1.54, 1.807) is 13.2 Å². The van der Waals surface area contributed by atoms with Crippen LogP contribution >= 0.6 is 23.2 Å². The van der Waals surface area contributed by atoms with Gasteiger partial charge in [0.1, 0.15) is 0 Å². The van der Waals surface area contributed by atoms with Gasteiger partial charge in [-0.1, -0.05) is 35.3 Å². The number of rotatable bonds is 5. The summed E-state index contributed by atoms with van der Waals surface area (Å²) in [5.74, 6) is 0. The van der Waals surface area contributed by atoms with Crippen LogP contribution in [0.15, 0.2) is 42.5 Å². The molecule has 0 unspecified atom stereocenters. The predicted octanol–water partition coefficient (Wildman–Crippen LogP) is 4.75. The van der Waals surface area contributed by atoms with E-state index in [-0.39, 0.29) is 0 Å². The van der Waals surface area contributed by atoms with Gasteiger partial charge in [0, 0.05) is 29.4 Å². The smallest absolute Gasteiger partial charge is 0.0713 e. The van der Waals surface area contributed by atoms with E-state index >= 15 is 0 Å². The second-order valence-electron chi connectivity index (χ2n) is 4.22. The molecule has 1 N–H and O–H groups in total. The van der Waals surface area contributed by atoms with Crippen LogP contribution < -0.4 is 5.32 Å². The number of hydrogen-bond acceptors (Lipinski definition) is 2. The molecule has 0 atom stereocenters. The van der Waals surface area contributed by atoms with Crippen molar-refractivity contribution in [1.82, 2.24) is 0 Å². The first-order chi connectivity index (χ1) is 9.19. The van der Waals surface area contributed by atoms with E-state index in [2.05, 4.69) is 11.4 Å². The summed E-state index contributed by atoms with van der Waals surface area (Å²) < 4.78 is 5.11. The van der Waals surface area contributed by atoms with Crippen molar-refractivity contribution in [2.45, 2.75) is 13.2 Å². The summed E-state index contributed by atoms with van der Waals surface area (Å²) in [5, 5.41) is 4.73. The van der Waals surface area contributed by atoms with E-state index in [4.69, 9.17) is 27.9 Å². The van der Waals surface area contributed by atoms with Gasteiger partial charge in [-0.3, -0.25) is 0 Å². The molecule has 4 heteroatoms. The quantitative estimate of drug-likeness (QED) is 0.859. The lowest BCUT2D eigenvalue weighted by molar-refractivity contribution is 0.185. The lowest BCUT2D eigenvalue weighted by atomic mass is 10.2. The van der Waals surface area contributed by atoms with E-state index < -0.39 is 0 Å². The topological polar surface area (TPSA) is 21.3 Å². The number of methoxy groups -OCH3 is 1. The SMILES string of the molecule is COCc1cccc(NCc2cc(Cl)ccc2Cl)c1. The average molecular weight is 296 g/mol. The van der Waals surface area contributed by atoms with Crippen molar-refractivity contribution in [3.8, 4) is 0 Å². The molecule has 0 aromatic heterocycles. The largest absolute Gasteiger partial charge is 0.381 e. The van der Waals surface area contributed by atoms with Crippen molar-refractivity contribution >= 4 is 28.9 Å². The van der Waals surface area contributed by atoms with Crippen molar-refractivity contribution in [3.05, 3.63) is 63.6 Å². The van der Waals surface area contributed by atoms with Crippen LogP contribution in [0, 0.1) is 0 Å². The average Bonchev–Trinajstić information content (AvgIpc) is 2.41. The molecule has 0 saturated carbocycles. The molecule has 0 heterocycles. The zero-order valence-corrected chi connectivity index (χ0v) is 12.1. The number of nitrogens with one attached hydrogen (secondary N) is 1. The minimum atomic E-state index is 0.605. The van der Waals surface area contributed by atoms with Gasteiger partial charge >= 0.3 is 0 Å². The highest BCUT2D eigenvalue weighted by Crippen LogP contribution is 2.22. The number of halogens is 2. The lowest BCUT2D eigenvalue weighted by Crippen LogP contribution is -2.00. The van der Waals surface area contributed by atoms with Gasteiger partial charge in [0.15, 0.2) is 0 Å². The molecule has 0 aliphatic carbocycles. The molecule has 2 rings (SSSR count). The highest BCUT2D eigenvalue weighted by atomic mass is 35.5. The van der Waals surface area contributed by atoms with Gasteiger partial charge in [0.2, 0.25) is 0 Å².